The van der Waals surface area contributed by atoms with Gasteiger partial charge in [0.05, 0.1) is 23.4 Å². The van der Waals surface area contributed by atoms with Crippen molar-refractivity contribution < 1.29 is 19.8 Å². The standard InChI is InChI=1S/C13H13N3O4/c17-8-5-11(13(19)20)15(7-8)12(18)9-6-14-16-4-2-1-3-10(9)16/h1-4,6,8,11,17H,5,7H2,(H,19,20)/t8?,11-/m0/s1. The summed E-state index contributed by atoms with van der Waals surface area (Å²) >= 11 is 0. The number of fused-ring (bicyclic) bond motifs is 1. The van der Waals surface area contributed by atoms with Gasteiger partial charge < -0.3 is 15.1 Å². The van der Waals surface area contributed by atoms with Crippen molar-refractivity contribution in [3.63, 3.8) is 0 Å². The van der Waals surface area contributed by atoms with Gasteiger partial charge in [0.15, 0.2) is 0 Å². The number of likely N-dealkylation sites (tertiary alicyclic amines) is 1. The minimum absolute atomic E-state index is 0.0278. The van der Waals surface area contributed by atoms with Gasteiger partial charge in [-0.3, -0.25) is 4.79 Å². The molecule has 20 heavy (non-hydrogen) atoms. The predicted molar refractivity (Wildman–Crippen MR) is 68.3 cm³/mol. The van der Waals surface area contributed by atoms with Crippen molar-refractivity contribution in [2.75, 3.05) is 6.54 Å². The average Bonchev–Trinajstić information content (AvgIpc) is 3.01. The summed E-state index contributed by atoms with van der Waals surface area (Å²) in [6.45, 7) is 0.0278. The third-order valence-electron chi connectivity index (χ3n) is 3.48. The third kappa shape index (κ3) is 1.92. The summed E-state index contributed by atoms with van der Waals surface area (Å²) < 4.78 is 1.55. The van der Waals surface area contributed by atoms with Crippen molar-refractivity contribution in [3.8, 4) is 0 Å². The Hall–Kier alpha value is -2.41. The summed E-state index contributed by atoms with van der Waals surface area (Å²) in [5.74, 6) is -1.53. The lowest BCUT2D eigenvalue weighted by Crippen LogP contribution is -2.40. The van der Waals surface area contributed by atoms with Crippen LogP contribution in [0.2, 0.25) is 0 Å². The summed E-state index contributed by atoms with van der Waals surface area (Å²) in [7, 11) is 0. The molecule has 7 nitrogen and oxygen atoms in total. The van der Waals surface area contributed by atoms with Gasteiger partial charge in [0.25, 0.3) is 5.91 Å². The smallest absolute Gasteiger partial charge is 0.326 e. The zero-order valence-electron chi connectivity index (χ0n) is 10.5. The molecular weight excluding hydrogens is 262 g/mol. The van der Waals surface area contributed by atoms with Crippen molar-refractivity contribution in [1.29, 1.82) is 0 Å². The first-order chi connectivity index (χ1) is 9.58. The normalized spacial score (nSPS) is 22.4. The van der Waals surface area contributed by atoms with Crippen LogP contribution in [0.5, 0.6) is 0 Å². The second-order valence-electron chi connectivity index (χ2n) is 4.79. The molecule has 0 radical (unpaired) electrons. The van der Waals surface area contributed by atoms with E-state index in [1.54, 1.807) is 28.9 Å². The lowest BCUT2D eigenvalue weighted by atomic mass is 10.2. The van der Waals surface area contributed by atoms with Crippen LogP contribution in [0.25, 0.3) is 5.52 Å². The Morgan fingerprint density at radius 2 is 2.15 bits per heavy atom. The number of amides is 1. The number of rotatable bonds is 2. The molecule has 3 heterocycles. The van der Waals surface area contributed by atoms with E-state index < -0.39 is 24.0 Å². The maximum absolute atomic E-state index is 12.5. The van der Waals surface area contributed by atoms with Crippen molar-refractivity contribution in [2.45, 2.75) is 18.6 Å². The van der Waals surface area contributed by atoms with Gasteiger partial charge in [0.1, 0.15) is 6.04 Å². The number of nitrogens with zero attached hydrogens (tertiary/aromatic N) is 3. The Morgan fingerprint density at radius 1 is 1.35 bits per heavy atom. The maximum Gasteiger partial charge on any atom is 0.326 e. The molecule has 0 aliphatic carbocycles. The molecular formula is C13H13N3O4. The fourth-order valence-electron chi connectivity index (χ4n) is 2.53. The molecule has 2 aromatic rings. The summed E-state index contributed by atoms with van der Waals surface area (Å²) in [5, 5.41) is 22.8. The van der Waals surface area contributed by atoms with Crippen LogP contribution in [0.1, 0.15) is 16.8 Å². The molecule has 0 spiro atoms. The van der Waals surface area contributed by atoms with E-state index in [0.29, 0.717) is 11.1 Å². The Labute approximate surface area is 114 Å². The lowest BCUT2D eigenvalue weighted by molar-refractivity contribution is -0.141. The van der Waals surface area contributed by atoms with Gasteiger partial charge in [0.2, 0.25) is 0 Å². The summed E-state index contributed by atoms with van der Waals surface area (Å²) in [6.07, 6.45) is 2.38. The highest BCUT2D eigenvalue weighted by Gasteiger charge is 2.39. The monoisotopic (exact) mass is 275 g/mol. The van der Waals surface area contributed by atoms with Crippen molar-refractivity contribution >= 4 is 17.4 Å². The molecule has 1 aliphatic rings. The van der Waals surface area contributed by atoms with Gasteiger partial charge in [0, 0.05) is 19.2 Å². The van der Waals surface area contributed by atoms with E-state index >= 15 is 0 Å². The van der Waals surface area contributed by atoms with Gasteiger partial charge in [-0.25, -0.2) is 9.31 Å². The van der Waals surface area contributed by atoms with E-state index in [1.807, 2.05) is 0 Å². The van der Waals surface area contributed by atoms with Crippen LogP contribution < -0.4 is 0 Å². The van der Waals surface area contributed by atoms with Crippen LogP contribution in [-0.4, -0.2) is 55.3 Å². The maximum atomic E-state index is 12.5. The van der Waals surface area contributed by atoms with Crippen molar-refractivity contribution in [3.05, 3.63) is 36.2 Å². The number of carbonyl (C=O) groups excluding carboxylic acids is 1. The van der Waals surface area contributed by atoms with Gasteiger partial charge in [-0.1, -0.05) is 6.07 Å². The van der Waals surface area contributed by atoms with Gasteiger partial charge in [-0.05, 0) is 12.1 Å². The Balaban J connectivity index is 1.98. The van der Waals surface area contributed by atoms with E-state index in [1.165, 1.54) is 11.1 Å². The third-order valence-corrected chi connectivity index (χ3v) is 3.48. The number of carboxylic acids is 1. The molecule has 1 fully saturated rings. The van der Waals surface area contributed by atoms with Crippen molar-refractivity contribution in [2.24, 2.45) is 0 Å². The first-order valence-electron chi connectivity index (χ1n) is 6.22. The Kier molecular flexibility index (Phi) is 2.90. The summed E-state index contributed by atoms with van der Waals surface area (Å²) in [5.41, 5.74) is 0.953. The quantitative estimate of drug-likeness (QED) is 0.804. The molecule has 7 heteroatoms. The first kappa shape index (κ1) is 12.6. The van der Waals surface area contributed by atoms with Gasteiger partial charge in [-0.15, -0.1) is 0 Å². The number of aliphatic hydroxyl groups is 1. The first-order valence-corrected chi connectivity index (χ1v) is 6.22. The van der Waals surface area contributed by atoms with Crippen LogP contribution >= 0.6 is 0 Å². The van der Waals surface area contributed by atoms with Gasteiger partial charge >= 0.3 is 5.97 Å². The molecule has 1 amide bonds. The number of aromatic nitrogens is 2. The zero-order chi connectivity index (χ0) is 14.3. The molecule has 1 saturated heterocycles. The highest BCUT2D eigenvalue weighted by Crippen LogP contribution is 2.22. The zero-order valence-corrected chi connectivity index (χ0v) is 10.5. The Morgan fingerprint density at radius 3 is 2.90 bits per heavy atom. The topological polar surface area (TPSA) is 95.1 Å². The van der Waals surface area contributed by atoms with Crippen LogP contribution in [-0.2, 0) is 4.79 Å². The molecule has 2 atom stereocenters. The molecule has 3 rings (SSSR count). The molecule has 2 N–H and O–H groups in total. The fraction of sp³-hybridized carbons (Fsp3) is 0.308. The van der Waals surface area contributed by atoms with Gasteiger partial charge in [-0.2, -0.15) is 5.10 Å². The number of β-amino-alcohol motifs (C(OH)–C–C–N with tert-alkyl or cyclic N) is 1. The second-order valence-corrected chi connectivity index (χ2v) is 4.79. The molecule has 0 bridgehead atoms. The lowest BCUT2D eigenvalue weighted by Gasteiger charge is -2.20. The number of hydrogen-bond acceptors (Lipinski definition) is 4. The average molecular weight is 275 g/mol. The Bertz CT molecular complexity index is 681. The number of aliphatic carboxylic acids is 1. The number of carboxylic acid groups (broad SMARTS) is 1. The molecule has 1 aliphatic heterocycles. The predicted octanol–water partition coefficient (Wildman–Crippen LogP) is -0.00570. The highest BCUT2D eigenvalue weighted by molar-refractivity contribution is 6.02. The van der Waals surface area contributed by atoms with Crippen LogP contribution in [0, 0.1) is 0 Å². The van der Waals surface area contributed by atoms with E-state index in [4.69, 9.17) is 5.11 Å². The second kappa shape index (κ2) is 4.61. The fourth-order valence-corrected chi connectivity index (χ4v) is 2.53. The largest absolute Gasteiger partial charge is 0.480 e. The van der Waals surface area contributed by atoms with Crippen LogP contribution in [0.15, 0.2) is 30.6 Å². The number of aliphatic hydroxyl groups excluding tert-OH is 1. The molecule has 0 aromatic carbocycles. The van der Waals surface area contributed by atoms with Crippen LogP contribution in [0.4, 0.5) is 0 Å². The molecule has 1 unspecified atom stereocenters. The van der Waals surface area contributed by atoms with E-state index in [-0.39, 0.29) is 13.0 Å². The summed E-state index contributed by atoms with van der Waals surface area (Å²) in [6, 6.07) is 4.31. The minimum atomic E-state index is -1.11. The van der Waals surface area contributed by atoms with E-state index in [0.717, 1.165) is 0 Å². The molecule has 104 valence electrons. The summed E-state index contributed by atoms with van der Waals surface area (Å²) in [4.78, 5) is 24.8. The SMILES string of the molecule is O=C(O)[C@@H]1CC(O)CN1C(=O)c1cnn2ccccc12. The number of carbonyl (C=O) groups is 2. The van der Waals surface area contributed by atoms with E-state index in [2.05, 4.69) is 5.10 Å². The number of hydrogen-bond donors (Lipinski definition) is 2. The van der Waals surface area contributed by atoms with Crippen molar-refractivity contribution in [1.82, 2.24) is 14.5 Å². The van der Waals surface area contributed by atoms with E-state index in [9.17, 15) is 14.7 Å². The number of pyridine rings is 1. The minimum Gasteiger partial charge on any atom is -0.480 e. The van der Waals surface area contributed by atoms with Crippen LogP contribution in [0.3, 0.4) is 0 Å². The molecule has 2 aromatic heterocycles. The molecule has 0 saturated carbocycles. The highest BCUT2D eigenvalue weighted by atomic mass is 16.4.